The molecule has 1 rings (SSSR count). The standard InChI is InChI=1S/C16H25N3O3/c1-12(20)19(10-9-17)14-7-5-13(6-8-14)11-18-15(21)22-16(2,3)4/h5-8H,9-11,17H2,1-4H3,(H,18,21). The fourth-order valence-electron chi connectivity index (χ4n) is 1.88. The van der Waals surface area contributed by atoms with Crippen LogP contribution in [0.1, 0.15) is 33.3 Å². The van der Waals surface area contributed by atoms with E-state index in [1.54, 1.807) is 4.90 Å². The molecule has 0 heterocycles. The quantitative estimate of drug-likeness (QED) is 0.871. The largest absolute Gasteiger partial charge is 0.444 e. The van der Waals surface area contributed by atoms with Crippen LogP contribution in [0.3, 0.4) is 0 Å². The highest BCUT2D eigenvalue weighted by atomic mass is 16.6. The third kappa shape index (κ3) is 6.13. The number of nitrogens with two attached hydrogens (primary N) is 1. The maximum absolute atomic E-state index is 11.6. The van der Waals surface area contributed by atoms with Crippen molar-refractivity contribution in [3.05, 3.63) is 29.8 Å². The number of amides is 2. The maximum atomic E-state index is 11.6. The zero-order valence-electron chi connectivity index (χ0n) is 13.7. The number of rotatable bonds is 5. The Hall–Kier alpha value is -2.08. The lowest BCUT2D eigenvalue weighted by Crippen LogP contribution is -2.33. The molecule has 0 radical (unpaired) electrons. The number of ether oxygens (including phenoxy) is 1. The van der Waals surface area contributed by atoms with Crippen molar-refractivity contribution >= 4 is 17.7 Å². The zero-order valence-corrected chi connectivity index (χ0v) is 13.7. The van der Waals surface area contributed by atoms with E-state index in [0.717, 1.165) is 11.3 Å². The lowest BCUT2D eigenvalue weighted by atomic mass is 10.2. The Kier molecular flexibility index (Phi) is 6.37. The second-order valence-electron chi connectivity index (χ2n) is 5.98. The van der Waals surface area contributed by atoms with Crippen molar-refractivity contribution < 1.29 is 14.3 Å². The second kappa shape index (κ2) is 7.79. The highest BCUT2D eigenvalue weighted by molar-refractivity contribution is 5.91. The Morgan fingerprint density at radius 2 is 1.82 bits per heavy atom. The number of nitrogens with zero attached hydrogens (tertiary/aromatic N) is 1. The van der Waals surface area contributed by atoms with E-state index in [-0.39, 0.29) is 5.91 Å². The summed E-state index contributed by atoms with van der Waals surface area (Å²) in [6.45, 7) is 8.20. The third-order valence-corrected chi connectivity index (χ3v) is 2.82. The van der Waals surface area contributed by atoms with Gasteiger partial charge in [-0.2, -0.15) is 0 Å². The fraction of sp³-hybridized carbons (Fsp3) is 0.500. The highest BCUT2D eigenvalue weighted by Gasteiger charge is 2.15. The van der Waals surface area contributed by atoms with Gasteiger partial charge in [-0.1, -0.05) is 12.1 Å². The van der Waals surface area contributed by atoms with E-state index in [0.29, 0.717) is 19.6 Å². The number of alkyl carbamates (subject to hydrolysis) is 1. The summed E-state index contributed by atoms with van der Waals surface area (Å²) in [5, 5.41) is 2.69. The van der Waals surface area contributed by atoms with Crippen LogP contribution in [0.15, 0.2) is 24.3 Å². The van der Waals surface area contributed by atoms with Crippen LogP contribution in [0.4, 0.5) is 10.5 Å². The maximum Gasteiger partial charge on any atom is 0.407 e. The van der Waals surface area contributed by atoms with E-state index in [1.807, 2.05) is 45.0 Å². The van der Waals surface area contributed by atoms with Crippen molar-refractivity contribution in [3.8, 4) is 0 Å². The normalized spacial score (nSPS) is 11.0. The Labute approximate surface area is 131 Å². The smallest absolute Gasteiger partial charge is 0.407 e. The summed E-state index contributed by atoms with van der Waals surface area (Å²) < 4.78 is 5.17. The molecule has 0 aliphatic rings. The van der Waals surface area contributed by atoms with Gasteiger partial charge < -0.3 is 20.7 Å². The molecule has 6 heteroatoms. The van der Waals surface area contributed by atoms with Crippen LogP contribution < -0.4 is 16.0 Å². The lowest BCUT2D eigenvalue weighted by Gasteiger charge is -2.21. The average Bonchev–Trinajstić information content (AvgIpc) is 2.41. The number of hydrogen-bond donors (Lipinski definition) is 2. The van der Waals surface area contributed by atoms with E-state index in [1.165, 1.54) is 6.92 Å². The van der Waals surface area contributed by atoms with Crippen LogP contribution in [0.5, 0.6) is 0 Å². The molecule has 0 fully saturated rings. The van der Waals surface area contributed by atoms with Crippen LogP contribution in [-0.2, 0) is 16.1 Å². The minimum absolute atomic E-state index is 0.0509. The molecule has 0 spiro atoms. The van der Waals surface area contributed by atoms with Gasteiger partial charge in [0.15, 0.2) is 0 Å². The number of hydrogen-bond acceptors (Lipinski definition) is 4. The first-order valence-electron chi connectivity index (χ1n) is 7.27. The van der Waals surface area contributed by atoms with Crippen LogP contribution >= 0.6 is 0 Å². The molecule has 122 valence electrons. The van der Waals surface area contributed by atoms with Crippen LogP contribution in [-0.4, -0.2) is 30.7 Å². The van der Waals surface area contributed by atoms with Gasteiger partial charge in [0.1, 0.15) is 5.60 Å². The van der Waals surface area contributed by atoms with Gasteiger partial charge in [0.25, 0.3) is 0 Å². The average molecular weight is 307 g/mol. The predicted octanol–water partition coefficient (Wildman–Crippen LogP) is 2.02. The molecule has 0 aliphatic carbocycles. The van der Waals surface area contributed by atoms with E-state index in [9.17, 15) is 9.59 Å². The number of benzene rings is 1. The number of carbonyl (C=O) groups excluding carboxylic acids is 2. The Balaban J connectivity index is 2.61. The van der Waals surface area contributed by atoms with Crippen LogP contribution in [0.2, 0.25) is 0 Å². The van der Waals surface area contributed by atoms with Gasteiger partial charge in [0, 0.05) is 32.2 Å². The molecule has 6 nitrogen and oxygen atoms in total. The topological polar surface area (TPSA) is 84.7 Å². The number of carbonyl (C=O) groups is 2. The Morgan fingerprint density at radius 1 is 1.23 bits per heavy atom. The SMILES string of the molecule is CC(=O)N(CCN)c1ccc(CNC(=O)OC(C)(C)C)cc1. The van der Waals surface area contributed by atoms with E-state index >= 15 is 0 Å². The third-order valence-electron chi connectivity index (χ3n) is 2.82. The highest BCUT2D eigenvalue weighted by Crippen LogP contribution is 2.15. The van der Waals surface area contributed by atoms with Gasteiger partial charge in [-0.05, 0) is 38.5 Å². The van der Waals surface area contributed by atoms with E-state index < -0.39 is 11.7 Å². The van der Waals surface area contributed by atoms with Crippen molar-refractivity contribution in [3.63, 3.8) is 0 Å². The number of anilines is 1. The molecule has 3 N–H and O–H groups in total. The summed E-state index contributed by atoms with van der Waals surface area (Å²) >= 11 is 0. The van der Waals surface area contributed by atoms with Gasteiger partial charge in [-0.15, -0.1) is 0 Å². The predicted molar refractivity (Wildman–Crippen MR) is 86.6 cm³/mol. The molecule has 22 heavy (non-hydrogen) atoms. The van der Waals surface area contributed by atoms with Crippen molar-refractivity contribution in [2.45, 2.75) is 39.8 Å². The Morgan fingerprint density at radius 3 is 2.27 bits per heavy atom. The van der Waals surface area contributed by atoms with Crippen molar-refractivity contribution in [1.29, 1.82) is 0 Å². The summed E-state index contributed by atoms with van der Waals surface area (Å²) in [6, 6.07) is 7.39. The molecular formula is C16H25N3O3. The Bertz CT molecular complexity index is 506. The second-order valence-corrected chi connectivity index (χ2v) is 5.98. The molecule has 1 aromatic rings. The number of nitrogens with one attached hydrogen (secondary N) is 1. The first-order valence-corrected chi connectivity index (χ1v) is 7.27. The molecule has 0 saturated heterocycles. The molecule has 0 bridgehead atoms. The van der Waals surface area contributed by atoms with Gasteiger partial charge in [0.2, 0.25) is 5.91 Å². The molecule has 2 amide bonds. The summed E-state index contributed by atoms with van der Waals surface area (Å²) in [5.41, 5.74) is 6.71. The first kappa shape index (κ1) is 18.0. The van der Waals surface area contributed by atoms with E-state index in [4.69, 9.17) is 10.5 Å². The summed E-state index contributed by atoms with van der Waals surface area (Å²) in [4.78, 5) is 24.8. The van der Waals surface area contributed by atoms with Gasteiger partial charge in [-0.3, -0.25) is 4.79 Å². The van der Waals surface area contributed by atoms with Crippen molar-refractivity contribution in [2.24, 2.45) is 5.73 Å². The molecule has 0 saturated carbocycles. The molecule has 0 atom stereocenters. The molecule has 0 unspecified atom stereocenters. The summed E-state index contributed by atoms with van der Waals surface area (Å²) in [6.07, 6.45) is -0.454. The van der Waals surface area contributed by atoms with Gasteiger partial charge in [0.05, 0.1) is 0 Å². The van der Waals surface area contributed by atoms with Crippen LogP contribution in [0, 0.1) is 0 Å². The van der Waals surface area contributed by atoms with Gasteiger partial charge in [-0.25, -0.2) is 4.79 Å². The minimum Gasteiger partial charge on any atom is -0.444 e. The lowest BCUT2D eigenvalue weighted by molar-refractivity contribution is -0.116. The summed E-state index contributed by atoms with van der Waals surface area (Å²) in [5.74, 6) is -0.0509. The fourth-order valence-corrected chi connectivity index (χ4v) is 1.88. The van der Waals surface area contributed by atoms with Crippen LogP contribution in [0.25, 0.3) is 0 Å². The molecule has 0 aliphatic heterocycles. The summed E-state index contributed by atoms with van der Waals surface area (Å²) in [7, 11) is 0. The van der Waals surface area contributed by atoms with E-state index in [2.05, 4.69) is 5.32 Å². The minimum atomic E-state index is -0.516. The molecule has 0 aromatic heterocycles. The van der Waals surface area contributed by atoms with Crippen molar-refractivity contribution in [2.75, 3.05) is 18.0 Å². The molecule has 1 aromatic carbocycles. The monoisotopic (exact) mass is 307 g/mol. The van der Waals surface area contributed by atoms with Gasteiger partial charge >= 0.3 is 6.09 Å². The van der Waals surface area contributed by atoms with Crippen molar-refractivity contribution in [1.82, 2.24) is 5.32 Å². The molecular weight excluding hydrogens is 282 g/mol. The first-order chi connectivity index (χ1) is 10.2. The zero-order chi connectivity index (χ0) is 16.8.